The van der Waals surface area contributed by atoms with Gasteiger partial charge in [0.05, 0.1) is 24.4 Å². The van der Waals surface area contributed by atoms with Crippen molar-refractivity contribution in [3.05, 3.63) is 53.1 Å². The number of carbonyl (C=O) groups is 2. The number of methoxy groups -OCH3 is 2. The zero-order valence-electron chi connectivity index (χ0n) is 15.2. The van der Waals surface area contributed by atoms with Crippen molar-refractivity contribution in [2.75, 3.05) is 20.8 Å². The van der Waals surface area contributed by atoms with Gasteiger partial charge < -0.3 is 18.8 Å². The van der Waals surface area contributed by atoms with Gasteiger partial charge in [-0.1, -0.05) is 11.3 Å². The number of fused-ring (bicyclic) bond motifs is 1. The molecule has 3 rings (SSSR count). The van der Waals surface area contributed by atoms with Crippen LogP contribution in [0, 0.1) is 5.82 Å². The Morgan fingerprint density at radius 3 is 2.50 bits per heavy atom. The molecule has 0 N–H and O–H groups in total. The van der Waals surface area contributed by atoms with Crippen LogP contribution in [0.3, 0.4) is 0 Å². The van der Waals surface area contributed by atoms with E-state index in [1.165, 1.54) is 29.9 Å². The van der Waals surface area contributed by atoms with Crippen LogP contribution in [0.2, 0.25) is 0 Å². The maximum absolute atomic E-state index is 13.5. The highest BCUT2D eigenvalue weighted by atomic mass is 32.1. The van der Waals surface area contributed by atoms with E-state index in [-0.39, 0.29) is 18.0 Å². The number of ether oxygens (including phenoxy) is 3. The summed E-state index contributed by atoms with van der Waals surface area (Å²) in [5, 5.41) is 0. The van der Waals surface area contributed by atoms with Gasteiger partial charge in [-0.05, 0) is 42.5 Å². The number of esters is 1. The Morgan fingerprint density at radius 1 is 1.11 bits per heavy atom. The molecule has 1 heterocycles. The Balaban J connectivity index is 1.85. The first-order valence-electron chi connectivity index (χ1n) is 8.20. The van der Waals surface area contributed by atoms with Crippen molar-refractivity contribution >= 4 is 33.4 Å². The van der Waals surface area contributed by atoms with Crippen LogP contribution in [0.5, 0.6) is 11.5 Å². The summed E-state index contributed by atoms with van der Waals surface area (Å²) in [6.07, 6.45) is 0. The fourth-order valence-electron chi connectivity index (χ4n) is 2.43. The first-order valence-corrected chi connectivity index (χ1v) is 9.02. The molecule has 1 amide bonds. The van der Waals surface area contributed by atoms with Crippen molar-refractivity contribution in [3.63, 3.8) is 0 Å². The summed E-state index contributed by atoms with van der Waals surface area (Å²) in [5.41, 5.74) is 0.583. The molecule has 7 nitrogen and oxygen atoms in total. The zero-order valence-corrected chi connectivity index (χ0v) is 16.0. The number of amides is 1. The molecule has 0 aliphatic rings. The van der Waals surface area contributed by atoms with Crippen molar-refractivity contribution in [2.24, 2.45) is 4.99 Å². The fraction of sp³-hybridized carbons (Fsp3) is 0.211. The van der Waals surface area contributed by atoms with Gasteiger partial charge in [0.1, 0.15) is 23.9 Å². The molecule has 0 radical (unpaired) electrons. The van der Waals surface area contributed by atoms with Crippen LogP contribution in [0.4, 0.5) is 4.39 Å². The molecule has 146 valence electrons. The van der Waals surface area contributed by atoms with Crippen LogP contribution >= 0.6 is 11.3 Å². The Kier molecular flexibility index (Phi) is 6.05. The van der Waals surface area contributed by atoms with Crippen LogP contribution in [0.25, 0.3) is 10.2 Å². The highest BCUT2D eigenvalue weighted by Gasteiger charge is 2.12. The van der Waals surface area contributed by atoms with Crippen molar-refractivity contribution in [1.29, 1.82) is 0 Å². The molecule has 0 saturated carbocycles. The average Bonchev–Trinajstić information content (AvgIpc) is 3.02. The first-order chi connectivity index (χ1) is 13.5. The lowest BCUT2D eigenvalue weighted by Crippen LogP contribution is -2.23. The van der Waals surface area contributed by atoms with Gasteiger partial charge in [0, 0.05) is 0 Å². The molecular formula is C19H17FN2O5S. The number of thiazole rings is 1. The molecule has 1 aromatic heterocycles. The smallest absolute Gasteiger partial charge is 0.325 e. The molecule has 3 aromatic rings. The van der Waals surface area contributed by atoms with Crippen molar-refractivity contribution in [3.8, 4) is 11.5 Å². The van der Waals surface area contributed by atoms with E-state index in [9.17, 15) is 14.0 Å². The average molecular weight is 404 g/mol. The number of hydrogen-bond donors (Lipinski definition) is 0. The predicted octanol–water partition coefficient (Wildman–Crippen LogP) is 2.53. The van der Waals surface area contributed by atoms with E-state index in [0.717, 1.165) is 11.3 Å². The fourth-order valence-corrected chi connectivity index (χ4v) is 3.51. The number of aromatic nitrogens is 1. The number of rotatable bonds is 6. The number of hydrogen-bond acceptors (Lipinski definition) is 6. The lowest BCUT2D eigenvalue weighted by Gasteiger charge is -2.05. The molecule has 9 heteroatoms. The SMILES string of the molecule is COC(=O)Cn1c(=NC(=O)COc2ccc(OC)cc2)sc2cc(F)ccc21. The molecule has 28 heavy (non-hydrogen) atoms. The molecule has 0 spiro atoms. The van der Waals surface area contributed by atoms with Crippen LogP contribution in [-0.2, 0) is 20.9 Å². The van der Waals surface area contributed by atoms with Gasteiger partial charge in [0.2, 0.25) is 0 Å². The standard InChI is InChI=1S/C19H17FN2O5S/c1-25-13-4-6-14(7-5-13)27-11-17(23)21-19-22(10-18(24)26-2)15-8-3-12(20)9-16(15)28-19/h3-9H,10-11H2,1-2H3. The molecule has 0 atom stereocenters. The normalized spacial score (nSPS) is 11.5. The van der Waals surface area contributed by atoms with E-state index >= 15 is 0 Å². The van der Waals surface area contributed by atoms with Crippen LogP contribution in [-0.4, -0.2) is 37.3 Å². The maximum Gasteiger partial charge on any atom is 0.325 e. The second-order valence-electron chi connectivity index (χ2n) is 5.63. The summed E-state index contributed by atoms with van der Waals surface area (Å²) in [7, 11) is 2.82. The Hall–Kier alpha value is -3.20. The highest BCUT2D eigenvalue weighted by Crippen LogP contribution is 2.19. The van der Waals surface area contributed by atoms with Gasteiger partial charge in [-0.25, -0.2) is 4.39 Å². The molecular weight excluding hydrogens is 387 g/mol. The minimum absolute atomic E-state index is 0.145. The Labute approximate surface area is 163 Å². The van der Waals surface area contributed by atoms with Gasteiger partial charge in [-0.2, -0.15) is 4.99 Å². The predicted molar refractivity (Wildman–Crippen MR) is 101 cm³/mol. The minimum atomic E-state index is -0.540. The monoisotopic (exact) mass is 404 g/mol. The quantitative estimate of drug-likeness (QED) is 0.590. The molecule has 0 aliphatic carbocycles. The van der Waals surface area contributed by atoms with Gasteiger partial charge in [-0.15, -0.1) is 0 Å². The second-order valence-corrected chi connectivity index (χ2v) is 6.64. The van der Waals surface area contributed by atoms with Crippen LogP contribution < -0.4 is 14.3 Å². The molecule has 0 unspecified atom stereocenters. The summed E-state index contributed by atoms with van der Waals surface area (Å²) in [6, 6.07) is 10.9. The van der Waals surface area contributed by atoms with E-state index in [2.05, 4.69) is 9.73 Å². The minimum Gasteiger partial charge on any atom is -0.497 e. The summed E-state index contributed by atoms with van der Waals surface area (Å²) < 4.78 is 30.8. The molecule has 0 fully saturated rings. The number of carbonyl (C=O) groups excluding carboxylic acids is 2. The third kappa shape index (κ3) is 4.55. The topological polar surface area (TPSA) is 79.1 Å². The summed E-state index contributed by atoms with van der Waals surface area (Å²) >= 11 is 1.10. The molecule has 0 saturated heterocycles. The number of benzene rings is 2. The van der Waals surface area contributed by atoms with Crippen molar-refractivity contribution in [1.82, 2.24) is 4.57 Å². The van der Waals surface area contributed by atoms with E-state index in [1.807, 2.05) is 0 Å². The lowest BCUT2D eigenvalue weighted by molar-refractivity contribution is -0.141. The Bertz CT molecular complexity index is 1070. The maximum atomic E-state index is 13.5. The van der Waals surface area contributed by atoms with E-state index < -0.39 is 17.7 Å². The molecule has 2 aromatic carbocycles. The van der Waals surface area contributed by atoms with Gasteiger partial charge >= 0.3 is 5.97 Å². The van der Waals surface area contributed by atoms with Crippen LogP contribution in [0.1, 0.15) is 0 Å². The Morgan fingerprint density at radius 2 is 1.82 bits per heavy atom. The lowest BCUT2D eigenvalue weighted by atomic mass is 10.3. The third-order valence-electron chi connectivity index (χ3n) is 3.80. The largest absolute Gasteiger partial charge is 0.497 e. The van der Waals surface area contributed by atoms with Crippen molar-refractivity contribution < 1.29 is 28.2 Å². The van der Waals surface area contributed by atoms with Gasteiger partial charge in [-0.3, -0.25) is 9.59 Å². The van der Waals surface area contributed by atoms with Crippen LogP contribution in [0.15, 0.2) is 47.5 Å². The number of nitrogens with zero attached hydrogens (tertiary/aromatic N) is 2. The second kappa shape index (κ2) is 8.66. The van der Waals surface area contributed by atoms with Gasteiger partial charge in [0.25, 0.3) is 5.91 Å². The summed E-state index contributed by atoms with van der Waals surface area (Å²) in [5.74, 6) is -0.302. The van der Waals surface area contributed by atoms with Gasteiger partial charge in [0.15, 0.2) is 11.4 Å². The number of halogens is 1. The summed E-state index contributed by atoms with van der Waals surface area (Å²) in [4.78, 5) is 28.2. The third-order valence-corrected chi connectivity index (χ3v) is 4.84. The van der Waals surface area contributed by atoms with Crippen molar-refractivity contribution in [2.45, 2.75) is 6.54 Å². The zero-order chi connectivity index (χ0) is 20.1. The molecule has 0 bridgehead atoms. The highest BCUT2D eigenvalue weighted by molar-refractivity contribution is 7.16. The molecule has 0 aliphatic heterocycles. The van der Waals surface area contributed by atoms with E-state index in [0.29, 0.717) is 21.7 Å². The van der Waals surface area contributed by atoms with E-state index in [1.54, 1.807) is 31.4 Å². The first kappa shape index (κ1) is 19.6. The van der Waals surface area contributed by atoms with E-state index in [4.69, 9.17) is 9.47 Å². The summed E-state index contributed by atoms with van der Waals surface area (Å²) in [6.45, 7) is -0.430.